The van der Waals surface area contributed by atoms with Gasteiger partial charge in [-0.05, 0) is 29.3 Å². The highest BCUT2D eigenvalue weighted by atomic mass is 16.5. The summed E-state index contributed by atoms with van der Waals surface area (Å²) in [6.45, 7) is 2.35. The number of amides is 3. The van der Waals surface area contributed by atoms with E-state index in [9.17, 15) is 19.5 Å². The molecule has 2 aromatic rings. The second kappa shape index (κ2) is 8.82. The van der Waals surface area contributed by atoms with Gasteiger partial charge in [0.25, 0.3) is 5.91 Å². The van der Waals surface area contributed by atoms with Crippen molar-refractivity contribution in [2.45, 2.75) is 37.1 Å². The van der Waals surface area contributed by atoms with Gasteiger partial charge in [0.2, 0.25) is 11.8 Å². The SMILES string of the molecule is CC[C@@H](CO)N1C(=O)[C@@H]2[C@@H]3C(=O)N(C)CC=C[C@@H]3O[C@@]23C=CCN(c2ccc4ccccc4c2)C(=O)C13. The first-order chi connectivity index (χ1) is 17.9. The molecular formula is C29H31N3O5. The molecule has 6 rings (SSSR count). The topological polar surface area (TPSA) is 90.4 Å². The summed E-state index contributed by atoms with van der Waals surface area (Å²) >= 11 is 0. The largest absolute Gasteiger partial charge is 0.394 e. The van der Waals surface area contributed by atoms with Gasteiger partial charge in [-0.3, -0.25) is 14.4 Å². The Kier molecular flexibility index (Phi) is 5.69. The van der Waals surface area contributed by atoms with Crippen molar-refractivity contribution in [1.29, 1.82) is 0 Å². The van der Waals surface area contributed by atoms with Crippen molar-refractivity contribution in [2.75, 3.05) is 31.6 Å². The standard InChI is InChI=1S/C29H31N3O5/c1-3-20(17-33)32-25-28(36)31(21-12-11-18-8-4-5-9-19(18)16-21)15-7-13-29(25)24(27(32)35)23-22(37-29)10-6-14-30(2)26(23)34/h4-13,16,20,22-25,33H,3,14-15,17H2,1-2H3/t20-,22-,23+,24-,25?,29-/m0/s1. The van der Waals surface area contributed by atoms with Crippen molar-refractivity contribution in [3.8, 4) is 0 Å². The van der Waals surface area contributed by atoms with Crippen molar-refractivity contribution in [2.24, 2.45) is 11.8 Å². The van der Waals surface area contributed by atoms with Crippen LogP contribution in [0.25, 0.3) is 10.8 Å². The zero-order valence-electron chi connectivity index (χ0n) is 21.0. The molecule has 2 saturated heterocycles. The molecule has 2 aromatic carbocycles. The van der Waals surface area contributed by atoms with Crippen LogP contribution in [0.3, 0.4) is 0 Å². The quantitative estimate of drug-likeness (QED) is 0.649. The van der Waals surface area contributed by atoms with E-state index in [-0.39, 0.29) is 24.3 Å². The first kappa shape index (κ1) is 23.9. The average molecular weight is 502 g/mol. The minimum Gasteiger partial charge on any atom is -0.394 e. The Balaban J connectivity index is 1.48. The number of ether oxygens (including phenoxy) is 1. The monoisotopic (exact) mass is 501 g/mol. The predicted octanol–water partition coefficient (Wildman–Crippen LogP) is 2.12. The summed E-state index contributed by atoms with van der Waals surface area (Å²) in [7, 11) is 1.72. The molecule has 1 N–H and O–H groups in total. The fourth-order valence-electron chi connectivity index (χ4n) is 6.59. The number of likely N-dealkylation sites (N-methyl/N-ethyl adjacent to an activating group) is 1. The maximum Gasteiger partial charge on any atom is 0.253 e. The van der Waals surface area contributed by atoms with E-state index in [2.05, 4.69) is 0 Å². The summed E-state index contributed by atoms with van der Waals surface area (Å²) in [6, 6.07) is 12.3. The molecule has 192 valence electrons. The van der Waals surface area contributed by atoms with Crippen LogP contribution >= 0.6 is 0 Å². The fourth-order valence-corrected chi connectivity index (χ4v) is 6.59. The minimum atomic E-state index is -1.30. The molecule has 2 fully saturated rings. The first-order valence-electron chi connectivity index (χ1n) is 12.9. The van der Waals surface area contributed by atoms with Gasteiger partial charge in [-0.2, -0.15) is 0 Å². The van der Waals surface area contributed by atoms with Crippen molar-refractivity contribution < 1.29 is 24.2 Å². The molecule has 0 saturated carbocycles. The first-order valence-corrected chi connectivity index (χ1v) is 12.9. The number of nitrogens with zero attached hydrogens (tertiary/aromatic N) is 3. The van der Waals surface area contributed by atoms with Crippen molar-refractivity contribution in [3.63, 3.8) is 0 Å². The van der Waals surface area contributed by atoms with Crippen LogP contribution in [-0.4, -0.2) is 83.2 Å². The van der Waals surface area contributed by atoms with Crippen LogP contribution in [0.15, 0.2) is 66.8 Å². The number of aliphatic hydroxyl groups excluding tert-OH is 1. The van der Waals surface area contributed by atoms with Gasteiger partial charge in [0, 0.05) is 25.8 Å². The highest BCUT2D eigenvalue weighted by Gasteiger charge is 2.72. The Morgan fingerprint density at radius 3 is 2.57 bits per heavy atom. The Morgan fingerprint density at radius 1 is 1.03 bits per heavy atom. The molecule has 6 atom stereocenters. The van der Waals surface area contributed by atoms with E-state index in [1.807, 2.05) is 73.7 Å². The lowest BCUT2D eigenvalue weighted by molar-refractivity contribution is -0.146. The van der Waals surface area contributed by atoms with Crippen molar-refractivity contribution in [3.05, 3.63) is 66.8 Å². The molecule has 1 spiro atoms. The molecule has 1 unspecified atom stereocenters. The maximum atomic E-state index is 14.4. The number of hydrogen-bond donors (Lipinski definition) is 1. The molecule has 37 heavy (non-hydrogen) atoms. The van der Waals surface area contributed by atoms with Crippen LogP contribution in [0.5, 0.6) is 0 Å². The number of anilines is 1. The average Bonchev–Trinajstić information content (AvgIpc) is 3.23. The summed E-state index contributed by atoms with van der Waals surface area (Å²) in [5.41, 5.74) is -0.572. The summed E-state index contributed by atoms with van der Waals surface area (Å²) in [5, 5.41) is 12.3. The van der Waals surface area contributed by atoms with Crippen LogP contribution in [0.2, 0.25) is 0 Å². The van der Waals surface area contributed by atoms with Gasteiger partial charge in [-0.25, -0.2) is 0 Å². The normalized spacial score (nSPS) is 31.9. The van der Waals surface area contributed by atoms with Gasteiger partial charge in [0.1, 0.15) is 11.6 Å². The molecule has 0 aliphatic carbocycles. The van der Waals surface area contributed by atoms with E-state index in [1.54, 1.807) is 16.8 Å². The Bertz CT molecular complexity index is 1330. The Hall–Kier alpha value is -3.49. The molecule has 4 aliphatic rings. The summed E-state index contributed by atoms with van der Waals surface area (Å²) in [5.74, 6) is -2.33. The van der Waals surface area contributed by atoms with Gasteiger partial charge in [-0.1, -0.05) is 61.6 Å². The van der Waals surface area contributed by atoms with Crippen LogP contribution in [0.1, 0.15) is 13.3 Å². The lowest BCUT2D eigenvalue weighted by Gasteiger charge is -2.38. The number of rotatable bonds is 4. The summed E-state index contributed by atoms with van der Waals surface area (Å²) < 4.78 is 6.61. The number of carbonyl (C=O) groups excluding carboxylic acids is 3. The van der Waals surface area contributed by atoms with Gasteiger partial charge >= 0.3 is 0 Å². The third kappa shape index (κ3) is 3.39. The number of fused-ring (bicyclic) bond motifs is 3. The predicted molar refractivity (Wildman–Crippen MR) is 139 cm³/mol. The number of hydrogen-bond acceptors (Lipinski definition) is 5. The third-order valence-corrected chi connectivity index (χ3v) is 8.42. The van der Waals surface area contributed by atoms with E-state index >= 15 is 0 Å². The molecular weight excluding hydrogens is 470 g/mol. The fraction of sp³-hybridized carbons (Fsp3) is 0.414. The Morgan fingerprint density at radius 2 is 1.81 bits per heavy atom. The second-order valence-electron chi connectivity index (χ2n) is 10.4. The van der Waals surface area contributed by atoms with Crippen molar-refractivity contribution >= 4 is 34.2 Å². The van der Waals surface area contributed by atoms with Crippen molar-refractivity contribution in [1.82, 2.24) is 9.80 Å². The van der Waals surface area contributed by atoms with E-state index in [0.717, 1.165) is 16.5 Å². The summed E-state index contributed by atoms with van der Waals surface area (Å²) in [4.78, 5) is 46.8. The molecule has 0 radical (unpaired) electrons. The zero-order chi connectivity index (χ0) is 25.9. The van der Waals surface area contributed by atoms with E-state index in [1.165, 1.54) is 4.90 Å². The maximum absolute atomic E-state index is 14.4. The van der Waals surface area contributed by atoms with Gasteiger partial charge in [0.15, 0.2) is 0 Å². The molecule has 4 heterocycles. The van der Waals surface area contributed by atoms with Crippen LogP contribution < -0.4 is 4.90 Å². The van der Waals surface area contributed by atoms with Gasteiger partial charge in [-0.15, -0.1) is 0 Å². The smallest absolute Gasteiger partial charge is 0.253 e. The van der Waals surface area contributed by atoms with E-state index in [4.69, 9.17) is 4.74 Å². The molecule has 0 aromatic heterocycles. The lowest BCUT2D eigenvalue weighted by Crippen LogP contribution is -2.58. The number of benzene rings is 2. The van der Waals surface area contributed by atoms with Crippen LogP contribution in [0, 0.1) is 11.8 Å². The van der Waals surface area contributed by atoms with Crippen LogP contribution in [0.4, 0.5) is 5.69 Å². The highest BCUT2D eigenvalue weighted by Crippen LogP contribution is 2.54. The van der Waals surface area contributed by atoms with Crippen LogP contribution in [-0.2, 0) is 19.1 Å². The number of aliphatic hydroxyl groups is 1. The lowest BCUT2D eigenvalue weighted by atomic mass is 9.77. The van der Waals surface area contributed by atoms with Gasteiger partial charge < -0.3 is 24.5 Å². The minimum absolute atomic E-state index is 0.167. The molecule has 8 heteroatoms. The number of likely N-dealkylation sites (tertiary alicyclic amines) is 1. The van der Waals surface area contributed by atoms with E-state index in [0.29, 0.717) is 19.5 Å². The van der Waals surface area contributed by atoms with Gasteiger partial charge in [0.05, 0.1) is 30.6 Å². The second-order valence-corrected chi connectivity index (χ2v) is 10.4. The Labute approximate surface area is 215 Å². The number of carbonyl (C=O) groups is 3. The molecule has 0 bridgehead atoms. The molecule has 3 amide bonds. The molecule has 8 nitrogen and oxygen atoms in total. The highest BCUT2D eigenvalue weighted by molar-refractivity contribution is 6.06. The zero-order valence-corrected chi connectivity index (χ0v) is 21.0. The molecule has 4 aliphatic heterocycles. The third-order valence-electron chi connectivity index (χ3n) is 8.42. The summed E-state index contributed by atoms with van der Waals surface area (Å²) in [6.07, 6.45) is 7.30. The van der Waals surface area contributed by atoms with E-state index < -0.39 is 35.6 Å².